The monoisotopic (exact) mass is 229 g/mol. The molecule has 0 spiro atoms. The molecule has 17 heavy (non-hydrogen) atoms. The van der Waals surface area contributed by atoms with Crippen molar-refractivity contribution in [3.63, 3.8) is 0 Å². The molecule has 0 atom stereocenters. The Morgan fingerprint density at radius 2 is 1.88 bits per heavy atom. The van der Waals surface area contributed by atoms with E-state index in [9.17, 15) is 4.79 Å². The van der Waals surface area contributed by atoms with Gasteiger partial charge in [0.1, 0.15) is 0 Å². The van der Waals surface area contributed by atoms with Gasteiger partial charge in [-0.25, -0.2) is 5.43 Å². The molecule has 0 bridgehead atoms. The van der Waals surface area contributed by atoms with Crippen LogP contribution in [0.2, 0.25) is 0 Å². The highest BCUT2D eigenvalue weighted by Gasteiger charge is 2.18. The molecule has 0 saturated heterocycles. The third-order valence-corrected chi connectivity index (χ3v) is 2.68. The van der Waals surface area contributed by atoms with Crippen LogP contribution in [0.1, 0.15) is 12.5 Å². The van der Waals surface area contributed by atoms with Gasteiger partial charge in [-0.15, -0.1) is 0 Å². The molecule has 1 aromatic rings. The van der Waals surface area contributed by atoms with Gasteiger partial charge in [0.05, 0.1) is 11.3 Å². The summed E-state index contributed by atoms with van der Waals surface area (Å²) >= 11 is 0. The van der Waals surface area contributed by atoms with Gasteiger partial charge in [-0.05, 0) is 30.7 Å². The zero-order valence-electron chi connectivity index (χ0n) is 10.2. The van der Waals surface area contributed by atoms with Crippen molar-refractivity contribution < 1.29 is 4.79 Å². The number of anilines is 1. The molecule has 88 valence electrons. The van der Waals surface area contributed by atoms with E-state index in [1.165, 1.54) is 0 Å². The number of nitrogens with zero attached hydrogens (tertiary/aromatic N) is 2. The molecule has 0 aromatic heterocycles. The summed E-state index contributed by atoms with van der Waals surface area (Å²) in [5.41, 5.74) is 5.93. The summed E-state index contributed by atoms with van der Waals surface area (Å²) in [7, 11) is 3.99. The predicted molar refractivity (Wildman–Crippen MR) is 70.0 cm³/mol. The number of hydrazone groups is 1. The van der Waals surface area contributed by atoms with Crippen LogP contribution >= 0.6 is 0 Å². The van der Waals surface area contributed by atoms with Gasteiger partial charge in [-0.1, -0.05) is 12.1 Å². The molecule has 0 saturated carbocycles. The normalized spacial score (nSPS) is 17.0. The molecular weight excluding hydrogens is 214 g/mol. The molecule has 4 nitrogen and oxygen atoms in total. The first-order valence-electron chi connectivity index (χ1n) is 5.42. The van der Waals surface area contributed by atoms with Gasteiger partial charge >= 0.3 is 0 Å². The van der Waals surface area contributed by atoms with E-state index in [2.05, 4.69) is 10.5 Å². The van der Waals surface area contributed by atoms with Crippen LogP contribution in [0.15, 0.2) is 34.9 Å². The molecule has 2 rings (SSSR count). The standard InChI is InChI=1S/C13H15N3O/c1-9-12(13(17)15-14-9)8-10-4-6-11(7-5-10)16(2)3/h4-8H,1-3H3,(H,15,17)/b12-8-. The summed E-state index contributed by atoms with van der Waals surface area (Å²) in [5.74, 6) is -0.140. The summed E-state index contributed by atoms with van der Waals surface area (Å²) in [6, 6.07) is 8.01. The second kappa shape index (κ2) is 4.41. The molecule has 1 aliphatic rings. The van der Waals surface area contributed by atoms with Gasteiger partial charge < -0.3 is 4.90 Å². The summed E-state index contributed by atoms with van der Waals surface area (Å²) in [4.78, 5) is 13.5. The molecule has 1 aliphatic heterocycles. The van der Waals surface area contributed by atoms with Crippen LogP contribution in [-0.2, 0) is 4.79 Å². The smallest absolute Gasteiger partial charge is 0.273 e. The summed E-state index contributed by atoms with van der Waals surface area (Å²) in [6.07, 6.45) is 1.85. The average molecular weight is 229 g/mol. The number of hydrogen-bond donors (Lipinski definition) is 1. The van der Waals surface area contributed by atoms with Crippen molar-refractivity contribution in [3.8, 4) is 0 Å². The lowest BCUT2D eigenvalue weighted by molar-refractivity contribution is -0.116. The third kappa shape index (κ3) is 2.36. The van der Waals surface area contributed by atoms with Gasteiger partial charge in [-0.2, -0.15) is 5.10 Å². The highest BCUT2D eigenvalue weighted by Crippen LogP contribution is 2.16. The first-order valence-corrected chi connectivity index (χ1v) is 5.42. The van der Waals surface area contributed by atoms with E-state index in [4.69, 9.17) is 0 Å². The minimum atomic E-state index is -0.140. The van der Waals surface area contributed by atoms with E-state index in [0.29, 0.717) is 5.57 Å². The molecule has 4 heteroatoms. The number of nitrogens with one attached hydrogen (secondary N) is 1. The minimum Gasteiger partial charge on any atom is -0.378 e. The van der Waals surface area contributed by atoms with Gasteiger partial charge in [0.15, 0.2) is 0 Å². The van der Waals surface area contributed by atoms with Crippen LogP contribution in [0.5, 0.6) is 0 Å². The highest BCUT2D eigenvalue weighted by atomic mass is 16.2. The topological polar surface area (TPSA) is 44.7 Å². The van der Waals surface area contributed by atoms with Crippen molar-refractivity contribution in [3.05, 3.63) is 35.4 Å². The zero-order valence-corrected chi connectivity index (χ0v) is 10.2. The van der Waals surface area contributed by atoms with Gasteiger partial charge in [0, 0.05) is 19.8 Å². The zero-order chi connectivity index (χ0) is 12.4. The molecule has 0 unspecified atom stereocenters. The van der Waals surface area contributed by atoms with Crippen LogP contribution in [0.3, 0.4) is 0 Å². The lowest BCUT2D eigenvalue weighted by Crippen LogP contribution is -2.12. The number of rotatable bonds is 2. The Morgan fingerprint density at radius 3 is 2.35 bits per heavy atom. The Hall–Kier alpha value is -2.10. The summed E-state index contributed by atoms with van der Waals surface area (Å²) < 4.78 is 0. The maximum Gasteiger partial charge on any atom is 0.273 e. The van der Waals surface area contributed by atoms with Gasteiger partial charge in [-0.3, -0.25) is 4.79 Å². The highest BCUT2D eigenvalue weighted by molar-refractivity contribution is 6.26. The maximum absolute atomic E-state index is 11.5. The van der Waals surface area contributed by atoms with Crippen molar-refractivity contribution in [2.75, 3.05) is 19.0 Å². The first-order chi connectivity index (χ1) is 8.08. The summed E-state index contributed by atoms with van der Waals surface area (Å²) in [6.45, 7) is 1.82. The third-order valence-electron chi connectivity index (χ3n) is 2.68. The van der Waals surface area contributed by atoms with Gasteiger partial charge in [0.25, 0.3) is 5.91 Å². The quantitative estimate of drug-likeness (QED) is 0.783. The van der Waals surface area contributed by atoms with Crippen LogP contribution in [0.25, 0.3) is 6.08 Å². The van der Waals surface area contributed by atoms with Crippen molar-refractivity contribution in [2.24, 2.45) is 5.10 Å². The largest absolute Gasteiger partial charge is 0.378 e. The fraction of sp³-hybridized carbons (Fsp3) is 0.231. The SMILES string of the molecule is CC1=NNC(=O)/C1=C\c1ccc(N(C)C)cc1. The van der Waals surface area contributed by atoms with Crippen molar-refractivity contribution in [1.82, 2.24) is 5.43 Å². The maximum atomic E-state index is 11.5. The number of carbonyl (C=O) groups excluding carboxylic acids is 1. The average Bonchev–Trinajstić information content (AvgIpc) is 2.61. The molecule has 0 radical (unpaired) electrons. The molecule has 0 aliphatic carbocycles. The predicted octanol–water partition coefficient (Wildman–Crippen LogP) is 1.64. The molecule has 1 amide bonds. The Morgan fingerprint density at radius 1 is 1.24 bits per heavy atom. The fourth-order valence-electron chi connectivity index (χ4n) is 1.62. The molecule has 1 aromatic carbocycles. The van der Waals surface area contributed by atoms with Crippen molar-refractivity contribution >= 4 is 23.4 Å². The van der Waals surface area contributed by atoms with E-state index in [0.717, 1.165) is 17.0 Å². The van der Waals surface area contributed by atoms with Crippen LogP contribution in [-0.4, -0.2) is 25.7 Å². The van der Waals surface area contributed by atoms with E-state index in [1.54, 1.807) is 0 Å². The van der Waals surface area contributed by atoms with E-state index < -0.39 is 0 Å². The van der Waals surface area contributed by atoms with Crippen molar-refractivity contribution in [1.29, 1.82) is 0 Å². The second-order valence-corrected chi connectivity index (χ2v) is 4.18. The lowest BCUT2D eigenvalue weighted by atomic mass is 10.1. The van der Waals surface area contributed by atoms with Gasteiger partial charge in [0.2, 0.25) is 0 Å². The van der Waals surface area contributed by atoms with E-state index in [1.807, 2.05) is 56.3 Å². The second-order valence-electron chi connectivity index (χ2n) is 4.18. The van der Waals surface area contributed by atoms with Crippen LogP contribution in [0, 0.1) is 0 Å². The van der Waals surface area contributed by atoms with Crippen molar-refractivity contribution in [2.45, 2.75) is 6.92 Å². The van der Waals surface area contributed by atoms with Crippen LogP contribution in [0.4, 0.5) is 5.69 Å². The molecular formula is C13H15N3O. The summed E-state index contributed by atoms with van der Waals surface area (Å²) in [5, 5.41) is 3.88. The Bertz CT molecular complexity index is 498. The van der Waals surface area contributed by atoms with Crippen LogP contribution < -0.4 is 10.3 Å². The Balaban J connectivity index is 2.27. The molecule has 0 fully saturated rings. The number of amides is 1. The number of hydrogen-bond acceptors (Lipinski definition) is 3. The first kappa shape index (κ1) is 11.4. The van der Waals surface area contributed by atoms with E-state index in [-0.39, 0.29) is 5.91 Å². The number of benzene rings is 1. The Kier molecular flexibility index (Phi) is 2.95. The lowest BCUT2D eigenvalue weighted by Gasteiger charge is -2.11. The number of carbonyl (C=O) groups is 1. The molecule has 1 heterocycles. The van der Waals surface area contributed by atoms with E-state index >= 15 is 0 Å². The fourth-order valence-corrected chi connectivity index (χ4v) is 1.62. The minimum absolute atomic E-state index is 0.140. The molecule has 1 N–H and O–H groups in total. The Labute approximate surface area is 101 Å².